The normalized spacial score (nSPS) is 11.0. The zero-order chi connectivity index (χ0) is 18.8. The van der Waals surface area contributed by atoms with E-state index in [1.807, 2.05) is 55.6 Å². The van der Waals surface area contributed by atoms with E-state index in [4.69, 9.17) is 0 Å². The molecule has 0 spiro atoms. The van der Waals surface area contributed by atoms with Crippen LogP contribution in [0.2, 0.25) is 0 Å². The Kier molecular flexibility index (Phi) is 4.68. The Morgan fingerprint density at radius 3 is 2.52 bits per heavy atom. The summed E-state index contributed by atoms with van der Waals surface area (Å²) in [6, 6.07) is 17.5. The number of anilines is 2. The van der Waals surface area contributed by atoms with Gasteiger partial charge in [0.25, 0.3) is 5.56 Å². The molecule has 0 bridgehead atoms. The zero-order valence-corrected chi connectivity index (χ0v) is 15.9. The molecule has 6 nitrogen and oxygen atoms in total. The molecule has 0 radical (unpaired) electrons. The molecule has 0 saturated carbocycles. The van der Waals surface area contributed by atoms with Gasteiger partial charge >= 0.3 is 0 Å². The lowest BCUT2D eigenvalue weighted by Crippen LogP contribution is -2.24. The van der Waals surface area contributed by atoms with Crippen LogP contribution in [0.4, 0.5) is 11.6 Å². The molecule has 136 valence electrons. The molecule has 27 heavy (non-hydrogen) atoms. The highest BCUT2D eigenvalue weighted by atomic mass is 32.2. The predicted octanol–water partition coefficient (Wildman–Crippen LogP) is 3.94. The largest absolute Gasteiger partial charge is 0.321 e. The molecule has 0 atom stereocenters. The molecule has 0 aliphatic rings. The number of hydrogen-bond donors (Lipinski definition) is 2. The van der Waals surface area contributed by atoms with Crippen molar-refractivity contribution in [2.24, 2.45) is 0 Å². The molecule has 0 amide bonds. The van der Waals surface area contributed by atoms with Gasteiger partial charge in [-0.1, -0.05) is 30.3 Å². The summed E-state index contributed by atoms with van der Waals surface area (Å²) in [5.74, 6) is 1.28. The Labute approximate surface area is 160 Å². The number of hydrogen-bond acceptors (Lipinski definition) is 5. The van der Waals surface area contributed by atoms with E-state index in [1.165, 1.54) is 9.58 Å². The van der Waals surface area contributed by atoms with E-state index in [0.29, 0.717) is 23.6 Å². The third-order valence-electron chi connectivity index (χ3n) is 4.31. The maximum Gasteiger partial charge on any atom is 0.275 e. The van der Waals surface area contributed by atoms with Crippen molar-refractivity contribution in [2.75, 3.05) is 11.6 Å². The highest BCUT2D eigenvalue weighted by molar-refractivity contribution is 7.98. The summed E-state index contributed by atoms with van der Waals surface area (Å²) in [5.41, 5.74) is 1.87. The molecular weight excluding hydrogens is 358 g/mol. The van der Waals surface area contributed by atoms with Crippen LogP contribution in [0.25, 0.3) is 10.8 Å². The van der Waals surface area contributed by atoms with Gasteiger partial charge < -0.3 is 5.32 Å². The molecule has 0 unspecified atom stereocenters. The number of aryl methyl sites for hydroxylation is 1. The van der Waals surface area contributed by atoms with Gasteiger partial charge in [0, 0.05) is 22.0 Å². The van der Waals surface area contributed by atoms with Crippen LogP contribution in [0.3, 0.4) is 0 Å². The number of nitrogens with one attached hydrogen (secondary N) is 2. The fourth-order valence-corrected chi connectivity index (χ4v) is 3.35. The molecule has 2 N–H and O–H groups in total. The molecule has 7 heteroatoms. The molecular formula is C20H19N5OS. The van der Waals surface area contributed by atoms with Gasteiger partial charge in [-0.15, -0.1) is 11.8 Å². The number of thioether (sulfide) groups is 1. The Hall–Kier alpha value is -3.06. The molecule has 4 rings (SSSR count). The maximum atomic E-state index is 12.9. The Morgan fingerprint density at radius 2 is 1.85 bits per heavy atom. The minimum atomic E-state index is -0.108. The van der Waals surface area contributed by atoms with Gasteiger partial charge in [0.15, 0.2) is 11.6 Å². The molecule has 0 aliphatic carbocycles. The lowest BCUT2D eigenvalue weighted by atomic mass is 10.2. The summed E-state index contributed by atoms with van der Waals surface area (Å²) < 4.78 is 1.50. The minimum Gasteiger partial charge on any atom is -0.321 e. The van der Waals surface area contributed by atoms with Gasteiger partial charge in [0.1, 0.15) is 0 Å². The van der Waals surface area contributed by atoms with Crippen molar-refractivity contribution >= 4 is 34.2 Å². The molecule has 0 aliphatic heterocycles. The van der Waals surface area contributed by atoms with Crippen molar-refractivity contribution in [1.29, 1.82) is 0 Å². The third-order valence-corrected chi connectivity index (χ3v) is 5.06. The standard InChI is InChI=1S/C20H19N5OS/c1-13-11-18(23-22-13)21-19-16-5-3-4-6-17(16)20(26)25(24-19)12-14-7-9-15(27-2)10-8-14/h3-11H,12H2,1-2H3,(H2,21,22,23,24). The van der Waals surface area contributed by atoms with Crippen molar-refractivity contribution in [1.82, 2.24) is 20.0 Å². The number of rotatable bonds is 5. The third kappa shape index (κ3) is 3.59. The first kappa shape index (κ1) is 17.4. The van der Waals surface area contributed by atoms with E-state index >= 15 is 0 Å². The van der Waals surface area contributed by atoms with Gasteiger partial charge in [0.05, 0.1) is 11.9 Å². The van der Waals surface area contributed by atoms with Crippen molar-refractivity contribution in [3.05, 3.63) is 76.2 Å². The fraction of sp³-hybridized carbons (Fsp3) is 0.150. The van der Waals surface area contributed by atoms with E-state index in [1.54, 1.807) is 11.8 Å². The Morgan fingerprint density at radius 1 is 1.11 bits per heavy atom. The van der Waals surface area contributed by atoms with Gasteiger partial charge in [-0.2, -0.15) is 10.2 Å². The van der Waals surface area contributed by atoms with Crippen LogP contribution in [0.1, 0.15) is 11.3 Å². The second-order valence-electron chi connectivity index (χ2n) is 6.27. The Balaban J connectivity index is 1.77. The molecule has 0 saturated heterocycles. The molecule has 4 aromatic rings. The zero-order valence-electron chi connectivity index (χ0n) is 15.1. The monoisotopic (exact) mass is 377 g/mol. The van der Waals surface area contributed by atoms with E-state index in [9.17, 15) is 4.79 Å². The lowest BCUT2D eigenvalue weighted by Gasteiger charge is -2.12. The molecule has 2 aromatic carbocycles. The summed E-state index contributed by atoms with van der Waals surface area (Å²) >= 11 is 1.69. The van der Waals surface area contributed by atoms with Crippen molar-refractivity contribution in [3.8, 4) is 0 Å². The highest BCUT2D eigenvalue weighted by Gasteiger charge is 2.12. The number of benzene rings is 2. The smallest absolute Gasteiger partial charge is 0.275 e. The maximum absolute atomic E-state index is 12.9. The van der Waals surface area contributed by atoms with Gasteiger partial charge in [-0.3, -0.25) is 9.89 Å². The number of aromatic nitrogens is 4. The average Bonchev–Trinajstić information content (AvgIpc) is 3.11. The number of H-pyrrole nitrogens is 1. The summed E-state index contributed by atoms with van der Waals surface area (Å²) in [6.45, 7) is 2.34. The predicted molar refractivity (Wildman–Crippen MR) is 110 cm³/mol. The van der Waals surface area contributed by atoms with E-state index in [0.717, 1.165) is 16.6 Å². The fourth-order valence-electron chi connectivity index (χ4n) is 2.94. The van der Waals surface area contributed by atoms with E-state index in [2.05, 4.69) is 32.7 Å². The van der Waals surface area contributed by atoms with Crippen molar-refractivity contribution in [2.45, 2.75) is 18.4 Å². The second kappa shape index (κ2) is 7.28. The van der Waals surface area contributed by atoms with E-state index in [-0.39, 0.29) is 5.56 Å². The second-order valence-corrected chi connectivity index (χ2v) is 7.15. The van der Waals surface area contributed by atoms with Gasteiger partial charge in [0.2, 0.25) is 0 Å². The van der Waals surface area contributed by atoms with Crippen LogP contribution in [0.5, 0.6) is 0 Å². The summed E-state index contributed by atoms with van der Waals surface area (Å²) in [7, 11) is 0. The number of fused-ring (bicyclic) bond motifs is 1. The first-order valence-electron chi connectivity index (χ1n) is 8.56. The van der Waals surface area contributed by atoms with Crippen LogP contribution in [0.15, 0.2) is 64.3 Å². The van der Waals surface area contributed by atoms with Crippen LogP contribution in [-0.4, -0.2) is 26.2 Å². The van der Waals surface area contributed by atoms with Crippen LogP contribution >= 0.6 is 11.8 Å². The Bertz CT molecular complexity index is 1150. The number of nitrogens with zero attached hydrogens (tertiary/aromatic N) is 3. The average molecular weight is 377 g/mol. The topological polar surface area (TPSA) is 75.6 Å². The summed E-state index contributed by atoms with van der Waals surface area (Å²) in [4.78, 5) is 14.1. The first-order chi connectivity index (χ1) is 13.1. The molecule has 0 fully saturated rings. The van der Waals surface area contributed by atoms with E-state index < -0.39 is 0 Å². The van der Waals surface area contributed by atoms with Crippen molar-refractivity contribution in [3.63, 3.8) is 0 Å². The van der Waals surface area contributed by atoms with Gasteiger partial charge in [-0.05, 0) is 36.9 Å². The van der Waals surface area contributed by atoms with Crippen molar-refractivity contribution < 1.29 is 0 Å². The van der Waals surface area contributed by atoms with Gasteiger partial charge in [-0.25, -0.2) is 4.68 Å². The minimum absolute atomic E-state index is 0.108. The molecule has 2 heterocycles. The SMILES string of the molecule is CSc1ccc(Cn2nc(Nc3cc(C)[nH]n3)c3ccccc3c2=O)cc1. The van der Waals surface area contributed by atoms with Crippen LogP contribution in [0, 0.1) is 6.92 Å². The summed E-state index contributed by atoms with van der Waals surface area (Å²) in [5, 5.41) is 16.3. The number of aromatic amines is 1. The molecule has 2 aromatic heterocycles. The highest BCUT2D eigenvalue weighted by Crippen LogP contribution is 2.22. The van der Waals surface area contributed by atoms with Crippen LogP contribution < -0.4 is 10.9 Å². The van der Waals surface area contributed by atoms with Crippen LogP contribution in [-0.2, 0) is 6.54 Å². The first-order valence-corrected chi connectivity index (χ1v) is 9.78. The summed E-state index contributed by atoms with van der Waals surface area (Å²) in [6.07, 6.45) is 2.04. The lowest BCUT2D eigenvalue weighted by molar-refractivity contribution is 0.651. The quantitative estimate of drug-likeness (QED) is 0.515.